The van der Waals surface area contributed by atoms with Gasteiger partial charge in [-0.1, -0.05) is 195 Å². The molecular weight excluding hydrogens is 651 g/mol. The smallest absolute Gasteiger partial charge is 0.152 e. The lowest BCUT2D eigenvalue weighted by molar-refractivity contribution is -0.127. The van der Waals surface area contributed by atoms with Crippen LogP contribution in [0.15, 0.2) is 0 Å². The van der Waals surface area contributed by atoms with Gasteiger partial charge in [-0.25, -0.2) is 0 Å². The predicted molar refractivity (Wildman–Crippen MR) is 231 cm³/mol. The molecule has 1 aliphatic rings. The Balaban J connectivity index is 2.19. The minimum atomic E-state index is 0.0970. The van der Waals surface area contributed by atoms with Crippen LogP contribution in [0.25, 0.3) is 0 Å². The lowest BCUT2D eigenvalue weighted by Crippen LogP contribution is -2.39. The molecule has 53 heavy (non-hydrogen) atoms. The van der Waals surface area contributed by atoms with Gasteiger partial charge >= 0.3 is 0 Å². The van der Waals surface area contributed by atoms with Gasteiger partial charge in [0.1, 0.15) is 11.6 Å². The fourth-order valence-corrected chi connectivity index (χ4v) is 8.78. The van der Waals surface area contributed by atoms with E-state index in [2.05, 4.69) is 32.6 Å². The highest BCUT2D eigenvalue weighted by atomic mass is 16.1. The number of likely N-dealkylation sites (tertiary alicyclic amines) is 1. The van der Waals surface area contributed by atoms with Crippen LogP contribution in [0.3, 0.4) is 0 Å². The number of hydrogen-bond donors (Lipinski definition) is 0. The summed E-state index contributed by atoms with van der Waals surface area (Å²) in [5.74, 6) is 2.08. The number of ketones is 3. The average molecular weight is 744 g/mol. The molecule has 0 saturated carbocycles. The molecule has 312 valence electrons. The van der Waals surface area contributed by atoms with Crippen molar-refractivity contribution < 1.29 is 14.4 Å². The van der Waals surface area contributed by atoms with Crippen LogP contribution < -0.4 is 0 Å². The maximum Gasteiger partial charge on any atom is 0.152 e. The summed E-state index contributed by atoms with van der Waals surface area (Å²) in [6.45, 7) is 11.0. The monoisotopic (exact) mass is 744 g/mol. The van der Waals surface area contributed by atoms with Crippen molar-refractivity contribution in [1.82, 2.24) is 4.90 Å². The Bertz CT molecular complexity index is 839. The van der Waals surface area contributed by atoms with Gasteiger partial charge in [-0.2, -0.15) is 0 Å². The van der Waals surface area contributed by atoms with E-state index in [1.54, 1.807) is 0 Å². The average Bonchev–Trinajstić information content (AvgIpc) is 3.62. The van der Waals surface area contributed by atoms with Gasteiger partial charge in [0, 0.05) is 31.6 Å². The normalized spacial score (nSPS) is 15.5. The summed E-state index contributed by atoms with van der Waals surface area (Å²) in [5, 5.41) is 0. The maximum absolute atomic E-state index is 13.4. The summed E-state index contributed by atoms with van der Waals surface area (Å²) in [7, 11) is 0. The van der Waals surface area contributed by atoms with Gasteiger partial charge in [-0.15, -0.1) is 0 Å². The molecular formula is C49H93NO3. The minimum Gasteiger partial charge on any atom is -0.300 e. The van der Waals surface area contributed by atoms with Gasteiger partial charge in [0.2, 0.25) is 0 Å². The largest absolute Gasteiger partial charge is 0.300 e. The zero-order valence-corrected chi connectivity index (χ0v) is 36.5. The standard InChI is InChI=1S/C49H93NO3/c1-5-8-11-14-17-18-19-20-23-29-37-46(51)38-31-25-32-41-50-42-33-40-48(50)49(53)44(4)34-26-24-30-39-47(52)43-45(35-27-21-15-12-9-6-2)36-28-22-16-13-10-7-3/h44-45,48H,5-43H2,1-4H3. The molecule has 0 N–H and O–H groups in total. The molecule has 0 radical (unpaired) electrons. The van der Waals surface area contributed by atoms with Crippen molar-refractivity contribution in [2.24, 2.45) is 11.8 Å². The molecule has 4 nitrogen and oxygen atoms in total. The lowest BCUT2D eigenvalue weighted by atomic mass is 9.88. The van der Waals surface area contributed by atoms with Crippen LogP contribution in [0, 0.1) is 11.8 Å². The number of nitrogens with zero attached hydrogens (tertiary/aromatic N) is 1. The van der Waals surface area contributed by atoms with E-state index < -0.39 is 0 Å². The Kier molecular flexibility index (Phi) is 34.5. The summed E-state index contributed by atoms with van der Waals surface area (Å²) in [6.07, 6.45) is 44.0. The highest BCUT2D eigenvalue weighted by Gasteiger charge is 2.32. The van der Waals surface area contributed by atoms with Crippen LogP contribution in [-0.4, -0.2) is 41.4 Å². The van der Waals surface area contributed by atoms with Gasteiger partial charge in [-0.05, 0) is 64.0 Å². The first kappa shape index (κ1) is 50.0. The van der Waals surface area contributed by atoms with Crippen LogP contribution in [0.1, 0.15) is 265 Å². The van der Waals surface area contributed by atoms with Crippen molar-refractivity contribution in [1.29, 1.82) is 0 Å². The summed E-state index contributed by atoms with van der Waals surface area (Å²) in [4.78, 5) is 41.3. The van der Waals surface area contributed by atoms with Crippen LogP contribution in [0.5, 0.6) is 0 Å². The molecule has 0 spiro atoms. The summed E-state index contributed by atoms with van der Waals surface area (Å²) in [5.41, 5.74) is 0. The SMILES string of the molecule is CCCCCCCCCCCCC(=O)CCCCCN1CCCC1C(=O)C(C)CCCCCC(=O)CC(CCCCCCCC)CCCCCCCC. The van der Waals surface area contributed by atoms with E-state index in [0.29, 0.717) is 23.3 Å². The molecule has 0 aromatic rings. The highest BCUT2D eigenvalue weighted by Crippen LogP contribution is 2.26. The molecule has 1 rings (SSSR count). The van der Waals surface area contributed by atoms with E-state index in [4.69, 9.17) is 0 Å². The first-order chi connectivity index (χ1) is 25.9. The zero-order chi connectivity index (χ0) is 38.6. The Morgan fingerprint density at radius 2 is 0.887 bits per heavy atom. The summed E-state index contributed by atoms with van der Waals surface area (Å²) in [6, 6.07) is 0.0970. The molecule has 0 aromatic carbocycles. The van der Waals surface area contributed by atoms with Gasteiger partial charge in [0.25, 0.3) is 0 Å². The third kappa shape index (κ3) is 29.0. The van der Waals surface area contributed by atoms with Crippen LogP contribution in [-0.2, 0) is 14.4 Å². The Morgan fingerprint density at radius 3 is 1.40 bits per heavy atom. The Labute approximate surface area is 331 Å². The van der Waals surface area contributed by atoms with Crippen molar-refractivity contribution in [2.75, 3.05) is 13.1 Å². The molecule has 4 heteroatoms. The fraction of sp³-hybridized carbons (Fsp3) is 0.939. The van der Waals surface area contributed by atoms with Crippen LogP contribution in [0.4, 0.5) is 0 Å². The van der Waals surface area contributed by atoms with E-state index in [0.717, 1.165) is 103 Å². The van der Waals surface area contributed by atoms with Crippen LogP contribution in [0.2, 0.25) is 0 Å². The van der Waals surface area contributed by atoms with Crippen molar-refractivity contribution in [2.45, 2.75) is 271 Å². The Hall–Kier alpha value is -1.03. The Morgan fingerprint density at radius 1 is 0.491 bits per heavy atom. The highest BCUT2D eigenvalue weighted by molar-refractivity contribution is 5.86. The van der Waals surface area contributed by atoms with Gasteiger partial charge in [-0.3, -0.25) is 19.3 Å². The topological polar surface area (TPSA) is 54.5 Å². The summed E-state index contributed by atoms with van der Waals surface area (Å²) >= 11 is 0. The van der Waals surface area contributed by atoms with Crippen molar-refractivity contribution in [3.63, 3.8) is 0 Å². The second-order valence-corrected chi connectivity index (χ2v) is 17.6. The molecule has 1 heterocycles. The molecule has 0 amide bonds. The quantitative estimate of drug-likeness (QED) is 0.0585. The maximum atomic E-state index is 13.4. The van der Waals surface area contributed by atoms with E-state index in [-0.39, 0.29) is 12.0 Å². The lowest BCUT2D eigenvalue weighted by Gasteiger charge is -2.25. The summed E-state index contributed by atoms with van der Waals surface area (Å²) < 4.78 is 0. The third-order valence-corrected chi connectivity index (χ3v) is 12.4. The molecule has 0 bridgehead atoms. The van der Waals surface area contributed by atoms with E-state index in [1.807, 2.05) is 0 Å². The van der Waals surface area contributed by atoms with Crippen molar-refractivity contribution >= 4 is 17.3 Å². The second kappa shape index (κ2) is 36.6. The predicted octanol–water partition coefficient (Wildman–Crippen LogP) is 15.1. The van der Waals surface area contributed by atoms with Crippen LogP contribution >= 0.6 is 0 Å². The third-order valence-electron chi connectivity index (χ3n) is 12.4. The van der Waals surface area contributed by atoms with E-state index in [1.165, 1.54) is 148 Å². The van der Waals surface area contributed by atoms with Crippen molar-refractivity contribution in [3.05, 3.63) is 0 Å². The van der Waals surface area contributed by atoms with Gasteiger partial charge in [0.15, 0.2) is 5.78 Å². The number of carbonyl (C=O) groups is 3. The number of carbonyl (C=O) groups excluding carboxylic acids is 3. The zero-order valence-electron chi connectivity index (χ0n) is 36.5. The first-order valence-corrected chi connectivity index (χ1v) is 24.2. The molecule has 0 aromatic heterocycles. The number of rotatable bonds is 41. The number of unbranched alkanes of at least 4 members (excludes halogenated alkanes) is 23. The molecule has 2 atom stereocenters. The van der Waals surface area contributed by atoms with Gasteiger partial charge in [0.05, 0.1) is 6.04 Å². The van der Waals surface area contributed by atoms with E-state index >= 15 is 0 Å². The molecule has 0 aliphatic carbocycles. The first-order valence-electron chi connectivity index (χ1n) is 24.2. The van der Waals surface area contributed by atoms with Gasteiger partial charge < -0.3 is 0 Å². The van der Waals surface area contributed by atoms with Crippen molar-refractivity contribution in [3.8, 4) is 0 Å². The minimum absolute atomic E-state index is 0.0970. The number of hydrogen-bond acceptors (Lipinski definition) is 4. The second-order valence-electron chi connectivity index (χ2n) is 17.6. The van der Waals surface area contributed by atoms with E-state index in [9.17, 15) is 14.4 Å². The molecule has 1 fully saturated rings. The fourth-order valence-electron chi connectivity index (χ4n) is 8.78. The number of Topliss-reactive ketones (excluding diaryl/α,β-unsaturated/α-hetero) is 3. The molecule has 1 aliphatic heterocycles. The molecule has 2 unspecified atom stereocenters. The molecule has 1 saturated heterocycles.